The molecule has 0 amide bonds. The van der Waals surface area contributed by atoms with Crippen LogP contribution >= 0.6 is 11.6 Å². The van der Waals surface area contributed by atoms with Crippen LogP contribution in [-0.4, -0.2) is 59.6 Å². The van der Waals surface area contributed by atoms with Crippen LogP contribution in [0.3, 0.4) is 0 Å². The molecule has 0 spiro atoms. The van der Waals surface area contributed by atoms with Crippen LogP contribution in [0.5, 0.6) is 0 Å². The molecule has 2 atom stereocenters. The number of carbonyl (C=O) groups is 2. The summed E-state index contributed by atoms with van der Waals surface area (Å²) in [5.41, 5.74) is 2.71. The van der Waals surface area contributed by atoms with Gasteiger partial charge < -0.3 is 9.57 Å². The highest BCUT2D eigenvalue weighted by atomic mass is 35.5. The first-order valence-corrected chi connectivity index (χ1v) is 12.8. The van der Waals surface area contributed by atoms with Crippen molar-refractivity contribution in [3.63, 3.8) is 0 Å². The Kier molecular flexibility index (Phi) is 6.93. The van der Waals surface area contributed by atoms with Gasteiger partial charge >= 0.3 is 11.9 Å². The lowest BCUT2D eigenvalue weighted by Crippen LogP contribution is -2.50. The summed E-state index contributed by atoms with van der Waals surface area (Å²) in [5, 5.41) is 10.5. The molecule has 10 nitrogen and oxygen atoms in total. The molecule has 11 heteroatoms. The summed E-state index contributed by atoms with van der Waals surface area (Å²) in [6, 6.07) is 9.70. The van der Waals surface area contributed by atoms with E-state index in [4.69, 9.17) is 26.2 Å². The Hall–Kier alpha value is -3.76. The van der Waals surface area contributed by atoms with E-state index in [1.54, 1.807) is 51.9 Å². The number of piperidine rings is 1. The van der Waals surface area contributed by atoms with Crippen molar-refractivity contribution < 1.29 is 19.2 Å². The second-order valence-electron chi connectivity index (χ2n) is 10.4. The monoisotopic (exact) mass is 536 g/mol. The van der Waals surface area contributed by atoms with Gasteiger partial charge in [-0.25, -0.2) is 14.3 Å². The van der Waals surface area contributed by atoms with E-state index in [0.29, 0.717) is 29.2 Å². The minimum atomic E-state index is -0.738. The van der Waals surface area contributed by atoms with Crippen molar-refractivity contribution in [2.75, 3.05) is 6.54 Å². The molecule has 1 fully saturated rings. The number of hydroxylamine groups is 2. The standard InChI is InChI=1S/C27H29ClN6O4/c1-27(2,3)37-26(36)22-11-10-18(16-33(22)38-25(35)17-8-6-5-7-9-17)21-12-23(28)34-24(31-21)20(14-30-34)19-13-29-32(4)15-19/h5-9,12-15,18,22H,10-11,16H2,1-4H3/t18-,22-/m0/s1. The van der Waals surface area contributed by atoms with Crippen LogP contribution in [-0.2, 0) is 21.4 Å². The van der Waals surface area contributed by atoms with Gasteiger partial charge in [-0.05, 0) is 51.8 Å². The average molecular weight is 537 g/mol. The van der Waals surface area contributed by atoms with Gasteiger partial charge in [0.2, 0.25) is 0 Å². The lowest BCUT2D eigenvalue weighted by Gasteiger charge is -2.37. The normalized spacial score (nSPS) is 18.4. The van der Waals surface area contributed by atoms with Crippen molar-refractivity contribution in [3.05, 3.63) is 71.4 Å². The zero-order valence-corrected chi connectivity index (χ0v) is 22.4. The molecule has 0 radical (unpaired) electrons. The van der Waals surface area contributed by atoms with E-state index in [1.165, 1.54) is 5.06 Å². The Balaban J connectivity index is 1.45. The molecule has 0 unspecified atom stereocenters. The van der Waals surface area contributed by atoms with Crippen LogP contribution in [0, 0.1) is 0 Å². The van der Waals surface area contributed by atoms with Crippen LogP contribution in [0.1, 0.15) is 55.6 Å². The van der Waals surface area contributed by atoms with Crippen molar-refractivity contribution >= 4 is 29.2 Å². The Morgan fingerprint density at radius 3 is 2.53 bits per heavy atom. The number of rotatable bonds is 5. The van der Waals surface area contributed by atoms with Crippen LogP contribution < -0.4 is 0 Å². The smallest absolute Gasteiger partial charge is 0.357 e. The van der Waals surface area contributed by atoms with Gasteiger partial charge in [-0.15, -0.1) is 5.06 Å². The largest absolute Gasteiger partial charge is 0.459 e. The minimum absolute atomic E-state index is 0.156. The molecule has 1 aliphatic rings. The summed E-state index contributed by atoms with van der Waals surface area (Å²) in [5.74, 6) is -1.14. The van der Waals surface area contributed by atoms with Gasteiger partial charge in [0.05, 0.1) is 23.7 Å². The zero-order chi connectivity index (χ0) is 27.0. The summed E-state index contributed by atoms with van der Waals surface area (Å²) < 4.78 is 8.93. The lowest BCUT2D eigenvalue weighted by atomic mass is 9.91. The van der Waals surface area contributed by atoms with Gasteiger partial charge in [0, 0.05) is 36.8 Å². The van der Waals surface area contributed by atoms with Gasteiger partial charge in [0.1, 0.15) is 16.8 Å². The molecule has 4 heterocycles. The second-order valence-corrected chi connectivity index (χ2v) is 10.8. The van der Waals surface area contributed by atoms with E-state index in [-0.39, 0.29) is 12.5 Å². The van der Waals surface area contributed by atoms with Gasteiger partial charge in [-0.2, -0.15) is 10.2 Å². The van der Waals surface area contributed by atoms with Crippen LogP contribution in [0.15, 0.2) is 55.0 Å². The number of benzene rings is 1. The van der Waals surface area contributed by atoms with Crippen molar-refractivity contribution in [2.45, 2.75) is 51.2 Å². The summed E-state index contributed by atoms with van der Waals surface area (Å²) in [6.45, 7) is 5.68. The van der Waals surface area contributed by atoms with Crippen LogP contribution in [0.25, 0.3) is 16.8 Å². The highest BCUT2D eigenvalue weighted by Crippen LogP contribution is 2.34. The fourth-order valence-electron chi connectivity index (χ4n) is 4.54. The Morgan fingerprint density at radius 2 is 1.84 bits per heavy atom. The molecule has 0 saturated carbocycles. The predicted octanol–water partition coefficient (Wildman–Crippen LogP) is 4.44. The predicted molar refractivity (Wildman–Crippen MR) is 140 cm³/mol. The molecule has 0 N–H and O–H groups in total. The van der Waals surface area contributed by atoms with Crippen molar-refractivity contribution in [3.8, 4) is 11.1 Å². The van der Waals surface area contributed by atoms with Crippen molar-refractivity contribution in [2.24, 2.45) is 7.05 Å². The fourth-order valence-corrected chi connectivity index (χ4v) is 4.77. The first kappa shape index (κ1) is 25.9. The maximum atomic E-state index is 13.1. The molecule has 1 aliphatic heterocycles. The lowest BCUT2D eigenvalue weighted by molar-refractivity contribution is -0.192. The summed E-state index contributed by atoms with van der Waals surface area (Å²) in [7, 11) is 1.84. The highest BCUT2D eigenvalue weighted by molar-refractivity contribution is 6.29. The summed E-state index contributed by atoms with van der Waals surface area (Å²) >= 11 is 6.61. The molecule has 5 rings (SSSR count). The molecule has 198 valence electrons. The zero-order valence-electron chi connectivity index (χ0n) is 21.7. The first-order valence-electron chi connectivity index (χ1n) is 12.4. The van der Waals surface area contributed by atoms with Gasteiger partial charge in [0.15, 0.2) is 5.65 Å². The SMILES string of the molecule is Cn1cc(-c2cnn3c(Cl)cc([C@H]4CC[C@@H](C(=O)OC(C)(C)C)N(OC(=O)c5ccccc5)C4)nc23)cn1. The number of fused-ring (bicyclic) bond motifs is 1. The molecule has 38 heavy (non-hydrogen) atoms. The maximum Gasteiger partial charge on any atom is 0.357 e. The second kappa shape index (κ2) is 10.2. The molecule has 4 aromatic rings. The molecule has 1 aromatic carbocycles. The molecule has 0 aliphatic carbocycles. The maximum absolute atomic E-state index is 13.1. The van der Waals surface area contributed by atoms with E-state index in [2.05, 4.69) is 10.2 Å². The molecular weight excluding hydrogens is 508 g/mol. The first-order chi connectivity index (χ1) is 18.1. The highest BCUT2D eigenvalue weighted by Gasteiger charge is 2.39. The van der Waals surface area contributed by atoms with E-state index in [1.807, 2.05) is 40.1 Å². The number of aryl methyl sites for hydroxylation is 1. The van der Waals surface area contributed by atoms with Crippen molar-refractivity contribution in [1.29, 1.82) is 0 Å². The van der Waals surface area contributed by atoms with E-state index >= 15 is 0 Å². The Labute approximate surface area is 225 Å². The molecular formula is C27H29ClN6O4. The Bertz CT molecular complexity index is 1480. The van der Waals surface area contributed by atoms with E-state index < -0.39 is 23.6 Å². The number of nitrogens with zero attached hydrogens (tertiary/aromatic N) is 6. The fraction of sp³-hybridized carbons (Fsp3) is 0.370. The third kappa shape index (κ3) is 5.41. The van der Waals surface area contributed by atoms with Crippen LogP contribution in [0.2, 0.25) is 5.15 Å². The number of halogens is 1. The molecule has 0 bridgehead atoms. The van der Waals surface area contributed by atoms with Gasteiger partial charge in [-0.1, -0.05) is 29.8 Å². The number of esters is 1. The van der Waals surface area contributed by atoms with Crippen molar-refractivity contribution in [1.82, 2.24) is 29.4 Å². The quantitative estimate of drug-likeness (QED) is 0.272. The number of carbonyl (C=O) groups excluding carboxylic acids is 2. The summed E-state index contributed by atoms with van der Waals surface area (Å²) in [4.78, 5) is 36.7. The summed E-state index contributed by atoms with van der Waals surface area (Å²) in [6.07, 6.45) is 6.38. The van der Waals surface area contributed by atoms with Crippen LogP contribution in [0.4, 0.5) is 0 Å². The number of aromatic nitrogens is 5. The third-order valence-corrected chi connectivity index (χ3v) is 6.58. The topological polar surface area (TPSA) is 104 Å². The number of hydrogen-bond acceptors (Lipinski definition) is 8. The average Bonchev–Trinajstić information content (AvgIpc) is 3.49. The number of ether oxygens (including phenoxy) is 1. The molecule has 3 aromatic heterocycles. The van der Waals surface area contributed by atoms with E-state index in [0.717, 1.165) is 16.8 Å². The van der Waals surface area contributed by atoms with Gasteiger partial charge in [-0.3, -0.25) is 9.48 Å². The minimum Gasteiger partial charge on any atom is -0.459 e. The third-order valence-electron chi connectivity index (χ3n) is 6.31. The molecule has 1 saturated heterocycles. The van der Waals surface area contributed by atoms with Gasteiger partial charge in [0.25, 0.3) is 0 Å². The Morgan fingerprint density at radius 1 is 1.08 bits per heavy atom. The number of hydrogen-bond donors (Lipinski definition) is 0. The van der Waals surface area contributed by atoms with E-state index in [9.17, 15) is 9.59 Å².